The van der Waals surface area contributed by atoms with Crippen LogP contribution in [0.15, 0.2) is 27.6 Å². The Bertz CT molecular complexity index is 613. The van der Waals surface area contributed by atoms with Crippen LogP contribution in [-0.4, -0.2) is 14.2 Å². The average molecular weight is 248 g/mol. The number of hydrogen-bond donors (Lipinski definition) is 0. The number of aryl methyl sites for hydroxylation is 1. The Kier molecular flexibility index (Phi) is 3.55. The van der Waals surface area contributed by atoms with Gasteiger partial charge in [0.25, 0.3) is 0 Å². The van der Waals surface area contributed by atoms with Crippen molar-refractivity contribution in [2.45, 2.75) is 19.8 Å². The molecule has 1 aromatic heterocycles. The van der Waals surface area contributed by atoms with Crippen molar-refractivity contribution >= 4 is 11.0 Å². The number of benzene rings is 1. The number of fused-ring (bicyclic) bond motifs is 1. The highest BCUT2D eigenvalue weighted by atomic mass is 16.5. The van der Waals surface area contributed by atoms with E-state index in [2.05, 4.69) is 0 Å². The monoisotopic (exact) mass is 248 g/mol. The van der Waals surface area contributed by atoms with Crippen molar-refractivity contribution in [3.8, 4) is 11.5 Å². The van der Waals surface area contributed by atoms with Crippen LogP contribution in [0, 0.1) is 0 Å². The van der Waals surface area contributed by atoms with Crippen molar-refractivity contribution in [2.75, 3.05) is 14.2 Å². The van der Waals surface area contributed by atoms with Crippen LogP contribution in [0.4, 0.5) is 0 Å². The zero-order valence-electron chi connectivity index (χ0n) is 10.8. The minimum Gasteiger partial charge on any atom is -0.493 e. The van der Waals surface area contributed by atoms with E-state index in [4.69, 9.17) is 13.9 Å². The summed E-state index contributed by atoms with van der Waals surface area (Å²) in [6.07, 6.45) is 3.15. The van der Waals surface area contributed by atoms with Gasteiger partial charge in [-0.15, -0.1) is 0 Å². The van der Waals surface area contributed by atoms with Gasteiger partial charge in [0.1, 0.15) is 5.58 Å². The lowest BCUT2D eigenvalue weighted by Crippen LogP contribution is -2.08. The average Bonchev–Trinajstić information content (AvgIpc) is 2.41. The number of methoxy groups -OCH3 is 2. The smallest absolute Gasteiger partial charge is 0.195 e. The summed E-state index contributed by atoms with van der Waals surface area (Å²) in [5, 5.41) is 0.526. The molecule has 0 bridgehead atoms. The van der Waals surface area contributed by atoms with E-state index >= 15 is 0 Å². The maximum atomic E-state index is 12.2. The molecule has 0 N–H and O–H groups in total. The summed E-state index contributed by atoms with van der Waals surface area (Å²) in [5.41, 5.74) is 1.20. The topological polar surface area (TPSA) is 48.7 Å². The molecule has 4 nitrogen and oxygen atoms in total. The summed E-state index contributed by atoms with van der Waals surface area (Å²) in [6, 6.07) is 3.34. The third-order valence-electron chi connectivity index (χ3n) is 2.87. The van der Waals surface area contributed by atoms with Gasteiger partial charge in [0.2, 0.25) is 0 Å². The molecule has 0 spiro atoms. The lowest BCUT2D eigenvalue weighted by atomic mass is 10.1. The first-order chi connectivity index (χ1) is 8.71. The molecule has 0 amide bonds. The summed E-state index contributed by atoms with van der Waals surface area (Å²) in [4.78, 5) is 12.2. The number of rotatable bonds is 4. The molecule has 2 aromatic rings. The van der Waals surface area contributed by atoms with Gasteiger partial charge in [0.15, 0.2) is 16.9 Å². The van der Waals surface area contributed by atoms with Crippen molar-refractivity contribution in [1.82, 2.24) is 0 Å². The largest absolute Gasteiger partial charge is 0.493 e. The van der Waals surface area contributed by atoms with Gasteiger partial charge in [0, 0.05) is 11.6 Å². The zero-order valence-corrected chi connectivity index (χ0v) is 10.8. The van der Waals surface area contributed by atoms with Gasteiger partial charge in [-0.3, -0.25) is 4.79 Å². The van der Waals surface area contributed by atoms with Gasteiger partial charge in [-0.25, -0.2) is 0 Å². The second-order valence-electron chi connectivity index (χ2n) is 4.04. The van der Waals surface area contributed by atoms with Gasteiger partial charge in [-0.05, 0) is 12.5 Å². The molecular formula is C14H16O4. The van der Waals surface area contributed by atoms with Gasteiger partial charge in [0.05, 0.1) is 25.9 Å². The third kappa shape index (κ3) is 2.06. The molecule has 18 heavy (non-hydrogen) atoms. The summed E-state index contributed by atoms with van der Waals surface area (Å²) in [5.74, 6) is 1.09. The molecule has 0 atom stereocenters. The molecule has 2 rings (SSSR count). The van der Waals surface area contributed by atoms with Crippen LogP contribution in [0.2, 0.25) is 0 Å². The molecule has 0 saturated carbocycles. The predicted octanol–water partition coefficient (Wildman–Crippen LogP) is 2.76. The highest BCUT2D eigenvalue weighted by Gasteiger charge is 2.12. The normalized spacial score (nSPS) is 10.6. The molecular weight excluding hydrogens is 232 g/mol. The summed E-state index contributed by atoms with van der Waals surface area (Å²) in [7, 11) is 3.09. The van der Waals surface area contributed by atoms with Crippen LogP contribution < -0.4 is 14.9 Å². The van der Waals surface area contributed by atoms with Crippen molar-refractivity contribution in [3.63, 3.8) is 0 Å². The van der Waals surface area contributed by atoms with Crippen LogP contribution in [0.1, 0.15) is 18.9 Å². The van der Waals surface area contributed by atoms with Gasteiger partial charge >= 0.3 is 0 Å². The molecule has 1 aromatic carbocycles. The Labute approximate surface area is 105 Å². The lowest BCUT2D eigenvalue weighted by Gasteiger charge is -2.08. The highest BCUT2D eigenvalue weighted by Crippen LogP contribution is 2.30. The Morgan fingerprint density at radius 2 is 1.83 bits per heavy atom. The fourth-order valence-corrected chi connectivity index (χ4v) is 1.94. The van der Waals surface area contributed by atoms with E-state index in [0.29, 0.717) is 34.5 Å². The van der Waals surface area contributed by atoms with Gasteiger partial charge in [-0.2, -0.15) is 0 Å². The zero-order chi connectivity index (χ0) is 13.1. The molecule has 0 aliphatic rings. The van der Waals surface area contributed by atoms with Gasteiger partial charge in [-0.1, -0.05) is 13.3 Å². The third-order valence-corrected chi connectivity index (χ3v) is 2.87. The number of ether oxygens (including phenoxy) is 2. The molecule has 1 heterocycles. The van der Waals surface area contributed by atoms with Crippen LogP contribution >= 0.6 is 0 Å². The lowest BCUT2D eigenvalue weighted by molar-refractivity contribution is 0.355. The first-order valence-electron chi connectivity index (χ1n) is 5.87. The predicted molar refractivity (Wildman–Crippen MR) is 69.6 cm³/mol. The minimum atomic E-state index is -0.000877. The molecule has 0 unspecified atom stereocenters. The highest BCUT2D eigenvalue weighted by molar-refractivity contribution is 5.81. The first kappa shape index (κ1) is 12.5. The molecule has 0 aliphatic heterocycles. The van der Waals surface area contributed by atoms with E-state index in [-0.39, 0.29) is 5.43 Å². The second-order valence-corrected chi connectivity index (χ2v) is 4.04. The molecule has 0 saturated heterocycles. The fraction of sp³-hybridized carbons (Fsp3) is 0.357. The minimum absolute atomic E-state index is 0.000877. The molecule has 0 fully saturated rings. The van der Waals surface area contributed by atoms with E-state index in [1.54, 1.807) is 26.4 Å². The maximum absolute atomic E-state index is 12.2. The number of hydrogen-bond acceptors (Lipinski definition) is 4. The Morgan fingerprint density at radius 1 is 1.17 bits per heavy atom. The Morgan fingerprint density at radius 3 is 2.44 bits per heavy atom. The van der Waals surface area contributed by atoms with Crippen LogP contribution in [0.3, 0.4) is 0 Å². The standard InChI is InChI=1S/C14H16O4/c1-4-5-9-8-18-11-7-13(17-3)12(16-2)6-10(11)14(9)15/h6-8H,4-5H2,1-3H3. The summed E-state index contributed by atoms with van der Waals surface area (Å²) < 4.78 is 15.9. The van der Waals surface area contributed by atoms with Crippen molar-refractivity contribution < 1.29 is 13.9 Å². The fourth-order valence-electron chi connectivity index (χ4n) is 1.94. The molecule has 96 valence electrons. The summed E-state index contributed by atoms with van der Waals surface area (Å²) >= 11 is 0. The molecule has 0 radical (unpaired) electrons. The summed E-state index contributed by atoms with van der Waals surface area (Å²) in [6.45, 7) is 2.03. The SMILES string of the molecule is CCCc1coc2cc(OC)c(OC)cc2c1=O. The first-order valence-corrected chi connectivity index (χ1v) is 5.87. The molecule has 0 aliphatic carbocycles. The molecule has 4 heteroatoms. The Balaban J connectivity index is 2.70. The second kappa shape index (κ2) is 5.12. The van der Waals surface area contributed by atoms with E-state index in [9.17, 15) is 4.79 Å². The Hall–Kier alpha value is -1.97. The van der Waals surface area contributed by atoms with Crippen LogP contribution in [-0.2, 0) is 6.42 Å². The maximum Gasteiger partial charge on any atom is 0.195 e. The van der Waals surface area contributed by atoms with E-state index in [0.717, 1.165) is 6.42 Å². The van der Waals surface area contributed by atoms with E-state index in [1.807, 2.05) is 6.92 Å². The van der Waals surface area contributed by atoms with Crippen molar-refractivity contribution in [3.05, 3.63) is 34.2 Å². The van der Waals surface area contributed by atoms with Crippen molar-refractivity contribution in [1.29, 1.82) is 0 Å². The van der Waals surface area contributed by atoms with Crippen molar-refractivity contribution in [2.24, 2.45) is 0 Å². The van der Waals surface area contributed by atoms with Gasteiger partial charge < -0.3 is 13.9 Å². The van der Waals surface area contributed by atoms with E-state index < -0.39 is 0 Å². The van der Waals surface area contributed by atoms with Crippen LogP contribution in [0.5, 0.6) is 11.5 Å². The quantitative estimate of drug-likeness (QED) is 0.834. The van der Waals surface area contributed by atoms with E-state index in [1.165, 1.54) is 6.26 Å². The van der Waals surface area contributed by atoms with Crippen LogP contribution in [0.25, 0.3) is 11.0 Å².